The van der Waals surface area contributed by atoms with Gasteiger partial charge in [-0.05, 0) is 35.4 Å². The van der Waals surface area contributed by atoms with E-state index in [1.54, 1.807) is 24.3 Å². The minimum Gasteiger partial charge on any atom is -0.454 e. The molecule has 0 saturated heterocycles. The Labute approximate surface area is 295 Å². The molecule has 272 valence electrons. The van der Waals surface area contributed by atoms with Gasteiger partial charge >= 0.3 is 47.8 Å². The summed E-state index contributed by atoms with van der Waals surface area (Å²) < 4.78 is 42.5. The molecule has 0 fully saturated rings. The normalized spacial score (nSPS) is 14.4. The molecule has 0 bridgehead atoms. The number of rotatable bonds is 10. The molecule has 4 rings (SSSR count). The average molecular weight is 721 g/mol. The van der Waals surface area contributed by atoms with Gasteiger partial charge < -0.3 is 37.9 Å². The highest BCUT2D eigenvalue weighted by Gasteiger charge is 2.36. The summed E-state index contributed by atoms with van der Waals surface area (Å²) in [6, 6.07) is 11.3. The number of fused-ring (bicyclic) bond motifs is 1. The van der Waals surface area contributed by atoms with Crippen LogP contribution in [0.15, 0.2) is 48.5 Å². The fraction of sp³-hybridized carbons (Fsp3) is 0.278. The van der Waals surface area contributed by atoms with E-state index in [0.29, 0.717) is 0 Å². The molecule has 1 aliphatic rings. The third-order valence-corrected chi connectivity index (χ3v) is 6.91. The summed E-state index contributed by atoms with van der Waals surface area (Å²) >= 11 is 0. The van der Waals surface area contributed by atoms with E-state index in [4.69, 9.17) is 37.9 Å². The van der Waals surface area contributed by atoms with E-state index in [-0.39, 0.29) is 24.0 Å². The Morgan fingerprint density at radius 2 is 0.712 bits per heavy atom. The molecule has 0 saturated carbocycles. The SMILES string of the molecule is CC(=O)Oc1cc(C(=O)O[C@H]2Cc3ccccc3C[C@H]2OC(=O)c2cc(OC(C)=O)c(OC(C)=O)c(OC(C)=O)c2)cc(OC(C)=O)c1OC(C)=O. The summed E-state index contributed by atoms with van der Waals surface area (Å²) in [4.78, 5) is 98.4. The number of carbonyl (C=O) groups excluding carboxylic acids is 8. The van der Waals surface area contributed by atoms with Gasteiger partial charge in [0.25, 0.3) is 0 Å². The Morgan fingerprint density at radius 3 is 0.962 bits per heavy atom. The lowest BCUT2D eigenvalue weighted by atomic mass is 9.87. The van der Waals surface area contributed by atoms with Crippen LogP contribution in [-0.2, 0) is 51.1 Å². The number of esters is 8. The molecule has 0 heterocycles. The monoisotopic (exact) mass is 720 g/mol. The van der Waals surface area contributed by atoms with E-state index in [0.717, 1.165) is 76.9 Å². The number of hydrogen-bond donors (Lipinski definition) is 0. The molecule has 16 nitrogen and oxygen atoms in total. The van der Waals surface area contributed by atoms with Crippen molar-refractivity contribution >= 4 is 47.8 Å². The van der Waals surface area contributed by atoms with Crippen molar-refractivity contribution in [1.82, 2.24) is 0 Å². The van der Waals surface area contributed by atoms with Gasteiger partial charge in [-0.1, -0.05) is 24.3 Å². The molecule has 3 aromatic carbocycles. The van der Waals surface area contributed by atoms with Crippen LogP contribution in [0.4, 0.5) is 0 Å². The average Bonchev–Trinajstić information content (AvgIpc) is 3.02. The Hall–Kier alpha value is -6.58. The highest BCUT2D eigenvalue weighted by Crippen LogP contribution is 2.41. The number of ether oxygens (including phenoxy) is 8. The molecule has 0 aromatic heterocycles. The van der Waals surface area contributed by atoms with E-state index >= 15 is 0 Å². The predicted molar refractivity (Wildman–Crippen MR) is 173 cm³/mol. The first kappa shape index (κ1) is 38.2. The van der Waals surface area contributed by atoms with Gasteiger partial charge in [0.1, 0.15) is 12.2 Å². The Morgan fingerprint density at radius 1 is 0.442 bits per heavy atom. The lowest BCUT2D eigenvalue weighted by Gasteiger charge is -2.32. The van der Waals surface area contributed by atoms with Crippen LogP contribution in [0, 0.1) is 0 Å². The van der Waals surface area contributed by atoms with E-state index < -0.39 is 94.5 Å². The highest BCUT2D eigenvalue weighted by molar-refractivity contribution is 5.94. The summed E-state index contributed by atoms with van der Waals surface area (Å²) in [5.74, 6) is -9.69. The van der Waals surface area contributed by atoms with Gasteiger partial charge in [0.2, 0.25) is 11.5 Å². The van der Waals surface area contributed by atoms with Crippen molar-refractivity contribution in [2.24, 2.45) is 0 Å². The summed E-state index contributed by atoms with van der Waals surface area (Å²) in [5.41, 5.74) is 0.981. The number of carbonyl (C=O) groups is 8. The molecule has 0 radical (unpaired) electrons. The number of hydrogen-bond acceptors (Lipinski definition) is 16. The van der Waals surface area contributed by atoms with Crippen molar-refractivity contribution in [3.63, 3.8) is 0 Å². The van der Waals surface area contributed by atoms with Crippen LogP contribution in [0.3, 0.4) is 0 Å². The molecule has 0 spiro atoms. The quantitative estimate of drug-likeness (QED) is 0.215. The van der Waals surface area contributed by atoms with Crippen molar-refractivity contribution in [2.75, 3.05) is 0 Å². The second-order valence-corrected chi connectivity index (χ2v) is 11.2. The van der Waals surface area contributed by atoms with Crippen LogP contribution >= 0.6 is 0 Å². The van der Waals surface area contributed by atoms with Crippen LogP contribution in [-0.4, -0.2) is 60.0 Å². The zero-order valence-electron chi connectivity index (χ0n) is 28.7. The van der Waals surface area contributed by atoms with Crippen LogP contribution in [0.1, 0.15) is 73.4 Å². The minimum absolute atomic E-state index is 0.0712. The third-order valence-electron chi connectivity index (χ3n) is 6.91. The third kappa shape index (κ3) is 9.99. The van der Waals surface area contributed by atoms with Gasteiger partial charge in [-0.15, -0.1) is 0 Å². The van der Waals surface area contributed by atoms with Crippen LogP contribution in [0.5, 0.6) is 34.5 Å². The molecule has 52 heavy (non-hydrogen) atoms. The maximum atomic E-state index is 13.7. The maximum absolute atomic E-state index is 13.7. The Bertz CT molecular complexity index is 1760. The van der Waals surface area contributed by atoms with E-state index in [2.05, 4.69) is 0 Å². The van der Waals surface area contributed by atoms with Gasteiger partial charge in [-0.25, -0.2) is 9.59 Å². The van der Waals surface area contributed by atoms with E-state index in [9.17, 15) is 38.4 Å². The first-order valence-electron chi connectivity index (χ1n) is 15.5. The Balaban J connectivity index is 1.73. The highest BCUT2D eigenvalue weighted by atomic mass is 16.6. The molecule has 0 unspecified atom stereocenters. The minimum atomic E-state index is -1.13. The molecule has 3 aromatic rings. The fourth-order valence-corrected chi connectivity index (χ4v) is 5.10. The largest absolute Gasteiger partial charge is 0.454 e. The fourth-order valence-electron chi connectivity index (χ4n) is 5.10. The second kappa shape index (κ2) is 16.4. The molecule has 2 atom stereocenters. The first-order chi connectivity index (χ1) is 24.5. The van der Waals surface area contributed by atoms with Crippen molar-refractivity contribution in [2.45, 2.75) is 66.6 Å². The standard InChI is InChI=1S/C36H32O16/c1-17(37)45-29-13-25(14-30(46-18(2)38)33(29)49-21(5)41)35(43)51-27-11-23-9-7-8-10-24(23)12-28(27)52-36(44)26-15-31(47-19(3)39)34(50-22(6)42)32(16-26)48-20(4)40/h7-10,13-16,27-28H,11-12H2,1-6H3/t27-,28+. The van der Waals surface area contributed by atoms with E-state index in [1.807, 2.05) is 0 Å². The van der Waals surface area contributed by atoms with Gasteiger partial charge in [-0.2, -0.15) is 0 Å². The maximum Gasteiger partial charge on any atom is 0.338 e. The van der Waals surface area contributed by atoms with Crippen LogP contribution in [0.2, 0.25) is 0 Å². The summed E-state index contributed by atoms with van der Waals surface area (Å²) in [6.45, 7) is 6.34. The molecule has 1 aliphatic carbocycles. The lowest BCUT2D eigenvalue weighted by Crippen LogP contribution is -2.41. The van der Waals surface area contributed by atoms with Gasteiger partial charge in [0, 0.05) is 54.4 Å². The van der Waals surface area contributed by atoms with Crippen molar-refractivity contribution in [3.05, 3.63) is 70.8 Å². The smallest absolute Gasteiger partial charge is 0.338 e. The molecule has 0 N–H and O–H groups in total. The first-order valence-corrected chi connectivity index (χ1v) is 15.5. The Kier molecular flexibility index (Phi) is 12.1. The molecular formula is C36H32O16. The second-order valence-electron chi connectivity index (χ2n) is 11.2. The van der Waals surface area contributed by atoms with E-state index in [1.165, 1.54) is 0 Å². The molecular weight excluding hydrogens is 688 g/mol. The predicted octanol–water partition coefficient (Wildman–Crippen LogP) is 3.79. The van der Waals surface area contributed by atoms with Crippen molar-refractivity contribution in [3.8, 4) is 34.5 Å². The topological polar surface area (TPSA) is 210 Å². The summed E-state index contributed by atoms with van der Waals surface area (Å²) in [7, 11) is 0. The molecule has 16 heteroatoms. The van der Waals surface area contributed by atoms with Gasteiger partial charge in [0.15, 0.2) is 23.0 Å². The van der Waals surface area contributed by atoms with Gasteiger partial charge in [-0.3, -0.25) is 28.8 Å². The molecule has 0 aliphatic heterocycles. The summed E-state index contributed by atoms with van der Waals surface area (Å²) in [5, 5.41) is 0. The molecule has 0 amide bonds. The van der Waals surface area contributed by atoms with Crippen molar-refractivity contribution < 1.29 is 76.3 Å². The lowest BCUT2D eigenvalue weighted by molar-refractivity contribution is -0.135. The zero-order chi connectivity index (χ0) is 38.3. The number of benzene rings is 3. The summed E-state index contributed by atoms with van der Waals surface area (Å²) in [6.07, 6.45) is -2.12. The van der Waals surface area contributed by atoms with Crippen LogP contribution in [0.25, 0.3) is 0 Å². The van der Waals surface area contributed by atoms with Gasteiger partial charge in [0.05, 0.1) is 11.1 Å². The zero-order valence-corrected chi connectivity index (χ0v) is 28.7. The van der Waals surface area contributed by atoms with Crippen molar-refractivity contribution in [1.29, 1.82) is 0 Å². The van der Waals surface area contributed by atoms with Crippen LogP contribution < -0.4 is 28.4 Å².